The SMILES string of the molecule is C[C@@H]1CCC[C@@H](C)N1C(=O)[C@@H](C)Oc1ccc([N+](=O)[O-])cc1. The van der Waals surface area contributed by atoms with Gasteiger partial charge in [-0.05, 0) is 52.2 Å². The molecule has 0 spiro atoms. The summed E-state index contributed by atoms with van der Waals surface area (Å²) < 4.78 is 5.65. The summed E-state index contributed by atoms with van der Waals surface area (Å²) in [4.78, 5) is 24.7. The van der Waals surface area contributed by atoms with E-state index in [9.17, 15) is 14.9 Å². The quantitative estimate of drug-likeness (QED) is 0.632. The summed E-state index contributed by atoms with van der Waals surface area (Å²) in [5.74, 6) is 0.432. The van der Waals surface area contributed by atoms with E-state index in [1.54, 1.807) is 6.92 Å². The lowest BCUT2D eigenvalue weighted by molar-refractivity contribution is -0.384. The molecule has 1 fully saturated rings. The maximum Gasteiger partial charge on any atom is 0.269 e. The third kappa shape index (κ3) is 3.55. The third-order valence-electron chi connectivity index (χ3n) is 4.16. The number of nitro groups is 1. The second-order valence-electron chi connectivity index (χ2n) is 5.89. The first-order valence-electron chi connectivity index (χ1n) is 7.63. The van der Waals surface area contributed by atoms with E-state index >= 15 is 0 Å². The second-order valence-corrected chi connectivity index (χ2v) is 5.89. The van der Waals surface area contributed by atoms with Gasteiger partial charge in [0.1, 0.15) is 5.75 Å². The summed E-state index contributed by atoms with van der Waals surface area (Å²) in [7, 11) is 0. The number of ether oxygens (including phenoxy) is 1. The maximum absolute atomic E-state index is 12.6. The summed E-state index contributed by atoms with van der Waals surface area (Å²) in [5, 5.41) is 10.6. The number of benzene rings is 1. The molecule has 1 saturated heterocycles. The first kappa shape index (κ1) is 16.3. The van der Waals surface area contributed by atoms with Crippen molar-refractivity contribution in [2.45, 2.75) is 58.2 Å². The normalized spacial score (nSPS) is 23.0. The molecule has 6 nitrogen and oxygen atoms in total. The van der Waals surface area contributed by atoms with Crippen molar-refractivity contribution in [1.82, 2.24) is 4.90 Å². The Morgan fingerprint density at radius 3 is 2.32 bits per heavy atom. The van der Waals surface area contributed by atoms with E-state index < -0.39 is 11.0 Å². The van der Waals surface area contributed by atoms with Gasteiger partial charge in [0.25, 0.3) is 11.6 Å². The van der Waals surface area contributed by atoms with E-state index in [4.69, 9.17) is 4.74 Å². The van der Waals surface area contributed by atoms with Gasteiger partial charge in [-0.2, -0.15) is 0 Å². The summed E-state index contributed by atoms with van der Waals surface area (Å²) in [6.45, 7) is 5.84. The lowest BCUT2D eigenvalue weighted by atomic mass is 9.97. The topological polar surface area (TPSA) is 72.7 Å². The van der Waals surface area contributed by atoms with E-state index in [-0.39, 0.29) is 23.7 Å². The molecule has 6 heteroatoms. The predicted octanol–water partition coefficient (Wildman–Crippen LogP) is 3.15. The number of carbonyl (C=O) groups is 1. The molecular formula is C16H22N2O4. The Labute approximate surface area is 130 Å². The van der Waals surface area contributed by atoms with Crippen LogP contribution in [-0.4, -0.2) is 33.9 Å². The van der Waals surface area contributed by atoms with E-state index in [1.807, 2.05) is 4.90 Å². The minimum atomic E-state index is -0.607. The van der Waals surface area contributed by atoms with Gasteiger partial charge in [0.15, 0.2) is 6.10 Å². The molecule has 1 aromatic rings. The summed E-state index contributed by atoms with van der Waals surface area (Å²) in [6, 6.07) is 6.23. The highest BCUT2D eigenvalue weighted by molar-refractivity contribution is 5.81. The molecule has 0 saturated carbocycles. The molecule has 22 heavy (non-hydrogen) atoms. The standard InChI is InChI=1S/C16H22N2O4/c1-11-5-4-6-12(2)17(11)16(19)13(3)22-15-9-7-14(8-10-15)18(20)21/h7-13H,4-6H2,1-3H3/t11-,12-,13-/m1/s1. The van der Waals surface area contributed by atoms with Crippen molar-refractivity contribution in [1.29, 1.82) is 0 Å². The number of non-ortho nitro benzene ring substituents is 1. The van der Waals surface area contributed by atoms with Crippen LogP contribution in [0.1, 0.15) is 40.0 Å². The van der Waals surface area contributed by atoms with Crippen molar-refractivity contribution < 1.29 is 14.5 Å². The van der Waals surface area contributed by atoms with Crippen molar-refractivity contribution in [2.24, 2.45) is 0 Å². The molecule has 2 rings (SSSR count). The van der Waals surface area contributed by atoms with Gasteiger partial charge < -0.3 is 9.64 Å². The zero-order valence-corrected chi connectivity index (χ0v) is 13.2. The number of amides is 1. The third-order valence-corrected chi connectivity index (χ3v) is 4.16. The van der Waals surface area contributed by atoms with Crippen molar-refractivity contribution >= 4 is 11.6 Å². The van der Waals surface area contributed by atoms with Gasteiger partial charge in [-0.25, -0.2) is 0 Å². The summed E-state index contributed by atoms with van der Waals surface area (Å²) >= 11 is 0. The average Bonchev–Trinajstić information content (AvgIpc) is 2.47. The van der Waals surface area contributed by atoms with Crippen LogP contribution in [0.15, 0.2) is 24.3 Å². The Morgan fingerprint density at radius 2 is 1.82 bits per heavy atom. The number of rotatable bonds is 4. The van der Waals surface area contributed by atoms with Gasteiger partial charge in [-0.1, -0.05) is 0 Å². The highest BCUT2D eigenvalue weighted by Gasteiger charge is 2.32. The van der Waals surface area contributed by atoms with Gasteiger partial charge in [-0.15, -0.1) is 0 Å². The molecule has 0 aliphatic carbocycles. The largest absolute Gasteiger partial charge is 0.481 e. The van der Waals surface area contributed by atoms with E-state index in [0.29, 0.717) is 5.75 Å². The van der Waals surface area contributed by atoms with Crippen LogP contribution in [0.2, 0.25) is 0 Å². The minimum absolute atomic E-state index is 0.00426. The van der Waals surface area contributed by atoms with Crippen LogP contribution in [0.25, 0.3) is 0 Å². The summed E-state index contributed by atoms with van der Waals surface area (Å²) in [6.07, 6.45) is 2.56. The Morgan fingerprint density at radius 1 is 1.27 bits per heavy atom. The van der Waals surface area contributed by atoms with Crippen LogP contribution in [0.5, 0.6) is 5.75 Å². The fourth-order valence-electron chi connectivity index (χ4n) is 2.97. The van der Waals surface area contributed by atoms with Gasteiger partial charge >= 0.3 is 0 Å². The molecule has 1 amide bonds. The first-order chi connectivity index (χ1) is 10.4. The Bertz CT molecular complexity index is 534. The summed E-state index contributed by atoms with van der Waals surface area (Å²) in [5.41, 5.74) is 0.00426. The number of nitro benzene ring substituents is 1. The molecule has 3 atom stereocenters. The van der Waals surface area contributed by atoms with Crippen LogP contribution < -0.4 is 4.74 Å². The molecule has 1 aromatic carbocycles. The lowest BCUT2D eigenvalue weighted by Gasteiger charge is -2.40. The fourth-order valence-corrected chi connectivity index (χ4v) is 2.97. The Hall–Kier alpha value is -2.11. The number of likely N-dealkylation sites (tertiary alicyclic amines) is 1. The average molecular weight is 306 g/mol. The predicted molar refractivity (Wildman–Crippen MR) is 82.8 cm³/mol. The number of nitrogens with zero attached hydrogens (tertiary/aromatic N) is 2. The fraction of sp³-hybridized carbons (Fsp3) is 0.562. The monoisotopic (exact) mass is 306 g/mol. The van der Waals surface area contributed by atoms with Crippen LogP contribution in [0.4, 0.5) is 5.69 Å². The van der Waals surface area contributed by atoms with Crippen LogP contribution >= 0.6 is 0 Å². The zero-order valence-electron chi connectivity index (χ0n) is 13.2. The molecule has 0 N–H and O–H groups in total. The van der Waals surface area contributed by atoms with E-state index in [0.717, 1.165) is 19.3 Å². The molecule has 1 aliphatic rings. The minimum Gasteiger partial charge on any atom is -0.481 e. The number of piperidine rings is 1. The van der Waals surface area contributed by atoms with Gasteiger partial charge in [0.05, 0.1) is 4.92 Å². The van der Waals surface area contributed by atoms with Gasteiger partial charge in [0.2, 0.25) is 0 Å². The number of carbonyl (C=O) groups excluding carboxylic acids is 1. The molecule has 120 valence electrons. The molecule has 0 radical (unpaired) electrons. The molecule has 0 bridgehead atoms. The van der Waals surface area contributed by atoms with Crippen LogP contribution in [0, 0.1) is 10.1 Å². The zero-order chi connectivity index (χ0) is 16.3. The van der Waals surface area contributed by atoms with Crippen molar-refractivity contribution in [3.63, 3.8) is 0 Å². The second kappa shape index (κ2) is 6.77. The first-order valence-corrected chi connectivity index (χ1v) is 7.63. The molecule has 0 unspecified atom stereocenters. The molecule has 1 heterocycles. The van der Waals surface area contributed by atoms with Crippen molar-refractivity contribution in [3.05, 3.63) is 34.4 Å². The maximum atomic E-state index is 12.6. The van der Waals surface area contributed by atoms with E-state index in [1.165, 1.54) is 24.3 Å². The van der Waals surface area contributed by atoms with Crippen molar-refractivity contribution in [3.8, 4) is 5.75 Å². The molecular weight excluding hydrogens is 284 g/mol. The highest BCUT2D eigenvalue weighted by Crippen LogP contribution is 2.25. The Kier molecular flexibility index (Phi) is 5.00. The highest BCUT2D eigenvalue weighted by atomic mass is 16.6. The molecule has 0 aromatic heterocycles. The van der Waals surface area contributed by atoms with E-state index in [2.05, 4.69) is 13.8 Å². The van der Waals surface area contributed by atoms with Crippen molar-refractivity contribution in [2.75, 3.05) is 0 Å². The molecule has 1 aliphatic heterocycles. The Balaban J connectivity index is 2.02. The lowest BCUT2D eigenvalue weighted by Crippen LogP contribution is -2.51. The van der Waals surface area contributed by atoms with Gasteiger partial charge in [-0.3, -0.25) is 14.9 Å². The number of hydrogen-bond acceptors (Lipinski definition) is 4. The smallest absolute Gasteiger partial charge is 0.269 e. The number of hydrogen-bond donors (Lipinski definition) is 0. The van der Waals surface area contributed by atoms with Crippen LogP contribution in [0.3, 0.4) is 0 Å². The van der Waals surface area contributed by atoms with Crippen LogP contribution in [-0.2, 0) is 4.79 Å². The van der Waals surface area contributed by atoms with Gasteiger partial charge in [0, 0.05) is 24.2 Å².